The maximum Gasteiger partial charge on any atom is 0.507 e. The van der Waals surface area contributed by atoms with Gasteiger partial charge in [-0.05, 0) is 11.1 Å². The quantitative estimate of drug-likeness (QED) is 0.602. The van der Waals surface area contributed by atoms with Crippen molar-refractivity contribution in [3.8, 4) is 0 Å². The predicted octanol–water partition coefficient (Wildman–Crippen LogP) is 3.44. The molecule has 0 bridgehead atoms. The van der Waals surface area contributed by atoms with Gasteiger partial charge in [0.1, 0.15) is 0 Å². The minimum Gasteiger partial charge on any atom is -0.450 e. The molecule has 1 heterocycles. The zero-order valence-electron chi connectivity index (χ0n) is 14.1. The zero-order valence-corrected chi connectivity index (χ0v) is 15.0. The van der Waals surface area contributed by atoms with E-state index in [1.165, 1.54) is 4.90 Å². The Balaban J connectivity index is 1.88. The lowest BCUT2D eigenvalue weighted by molar-refractivity contribution is -0.0161. The number of ether oxygens (including phenoxy) is 1. The number of carbonyl (C=O) groups is 2. The highest BCUT2D eigenvalue weighted by Gasteiger charge is 2.47. The number of nitrogens with zero attached hydrogens (tertiary/aromatic N) is 2. The minimum absolute atomic E-state index is 0.261. The molecule has 136 valence electrons. The van der Waals surface area contributed by atoms with Crippen LogP contribution in [0, 0.1) is 0 Å². The fourth-order valence-electron chi connectivity index (χ4n) is 3.11. The molecule has 0 unspecified atom stereocenters. The van der Waals surface area contributed by atoms with Crippen molar-refractivity contribution >= 4 is 24.8 Å². The standard InChI is InChI=1S/C19H20N2O4S/c22-18-20(11-14-7-3-1-4-8-14)16(13-26)17(25-19(23)24)21(18)12-15-9-5-2-6-10-15/h1-10,16-17,26H,11-13H2,(H,23,24)/t16-,17-/m1/s1. The Morgan fingerprint density at radius 1 is 0.962 bits per heavy atom. The lowest BCUT2D eigenvalue weighted by Crippen LogP contribution is -2.41. The fourth-order valence-corrected chi connectivity index (χ4v) is 3.49. The maximum atomic E-state index is 13.0. The van der Waals surface area contributed by atoms with Crippen LogP contribution in [0.3, 0.4) is 0 Å². The second-order valence-corrected chi connectivity index (χ2v) is 6.40. The predicted molar refractivity (Wildman–Crippen MR) is 99.9 cm³/mol. The largest absolute Gasteiger partial charge is 0.507 e. The monoisotopic (exact) mass is 372 g/mol. The number of hydrogen-bond donors (Lipinski definition) is 2. The summed E-state index contributed by atoms with van der Waals surface area (Å²) in [6.45, 7) is 0.642. The highest BCUT2D eigenvalue weighted by molar-refractivity contribution is 7.80. The van der Waals surface area contributed by atoms with Crippen LogP contribution in [0.4, 0.5) is 9.59 Å². The van der Waals surface area contributed by atoms with Crippen LogP contribution in [-0.4, -0.2) is 45.1 Å². The van der Waals surface area contributed by atoms with Gasteiger partial charge in [0.15, 0.2) is 0 Å². The van der Waals surface area contributed by atoms with Gasteiger partial charge < -0.3 is 14.7 Å². The van der Waals surface area contributed by atoms with Crippen LogP contribution in [0.15, 0.2) is 60.7 Å². The van der Waals surface area contributed by atoms with Crippen LogP contribution < -0.4 is 0 Å². The molecule has 1 fully saturated rings. The minimum atomic E-state index is -1.41. The van der Waals surface area contributed by atoms with Crippen molar-refractivity contribution < 1.29 is 19.4 Å². The topological polar surface area (TPSA) is 70.1 Å². The first-order chi connectivity index (χ1) is 12.6. The molecule has 7 heteroatoms. The molecule has 2 atom stereocenters. The first-order valence-corrected chi connectivity index (χ1v) is 8.89. The number of thiol groups is 1. The van der Waals surface area contributed by atoms with Gasteiger partial charge in [0, 0.05) is 12.3 Å². The number of urea groups is 1. The number of rotatable bonds is 6. The molecule has 0 saturated carbocycles. The summed E-state index contributed by atoms with van der Waals surface area (Å²) in [6.07, 6.45) is -2.31. The van der Waals surface area contributed by atoms with Crippen molar-refractivity contribution in [2.75, 3.05) is 5.75 Å². The fraction of sp³-hybridized carbons (Fsp3) is 0.263. The molecule has 1 N–H and O–H groups in total. The molecule has 3 rings (SSSR count). The van der Waals surface area contributed by atoms with E-state index < -0.39 is 18.4 Å². The Hall–Kier alpha value is -2.67. The molecule has 0 aromatic heterocycles. The van der Waals surface area contributed by atoms with E-state index in [0.717, 1.165) is 11.1 Å². The maximum absolute atomic E-state index is 13.0. The van der Waals surface area contributed by atoms with E-state index in [-0.39, 0.29) is 12.6 Å². The molecular weight excluding hydrogens is 352 g/mol. The molecule has 1 aliphatic rings. The Morgan fingerprint density at radius 2 is 1.46 bits per heavy atom. The molecular formula is C19H20N2O4S. The molecule has 26 heavy (non-hydrogen) atoms. The van der Waals surface area contributed by atoms with E-state index >= 15 is 0 Å². The van der Waals surface area contributed by atoms with Gasteiger partial charge in [0.2, 0.25) is 6.23 Å². The van der Waals surface area contributed by atoms with Crippen molar-refractivity contribution in [3.63, 3.8) is 0 Å². The van der Waals surface area contributed by atoms with Crippen molar-refractivity contribution in [2.45, 2.75) is 25.4 Å². The molecule has 0 spiro atoms. The van der Waals surface area contributed by atoms with Crippen molar-refractivity contribution in [1.29, 1.82) is 0 Å². The molecule has 2 amide bonds. The Kier molecular flexibility index (Phi) is 5.68. The summed E-state index contributed by atoms with van der Waals surface area (Å²) in [5.41, 5.74) is 1.86. The van der Waals surface area contributed by atoms with Gasteiger partial charge >= 0.3 is 12.2 Å². The van der Waals surface area contributed by atoms with Gasteiger partial charge in [0.05, 0.1) is 12.6 Å². The first-order valence-electron chi connectivity index (χ1n) is 8.25. The van der Waals surface area contributed by atoms with Gasteiger partial charge in [-0.1, -0.05) is 60.7 Å². The summed E-state index contributed by atoms with van der Waals surface area (Å²) < 4.78 is 5.07. The SMILES string of the molecule is O=C(O)O[C@@H]1[C@@H](CS)N(Cc2ccccc2)C(=O)N1Cc1ccccc1. The average molecular weight is 372 g/mol. The van der Waals surface area contributed by atoms with Crippen molar-refractivity contribution in [1.82, 2.24) is 9.80 Å². The Labute approximate surface area is 157 Å². The summed E-state index contributed by atoms with van der Waals surface area (Å²) in [6, 6.07) is 18.3. The lowest BCUT2D eigenvalue weighted by atomic mass is 10.2. The molecule has 2 aromatic rings. The third-order valence-electron chi connectivity index (χ3n) is 4.33. The molecule has 0 radical (unpaired) electrons. The van der Waals surface area contributed by atoms with E-state index in [1.54, 1.807) is 4.90 Å². The van der Waals surface area contributed by atoms with Crippen LogP contribution >= 0.6 is 12.6 Å². The molecule has 2 aromatic carbocycles. The van der Waals surface area contributed by atoms with E-state index in [9.17, 15) is 9.59 Å². The van der Waals surface area contributed by atoms with Crippen LogP contribution in [-0.2, 0) is 17.8 Å². The zero-order chi connectivity index (χ0) is 18.5. The van der Waals surface area contributed by atoms with Crippen LogP contribution in [0.5, 0.6) is 0 Å². The van der Waals surface area contributed by atoms with Crippen molar-refractivity contribution in [3.05, 3.63) is 71.8 Å². The smallest absolute Gasteiger partial charge is 0.450 e. The number of hydrogen-bond acceptors (Lipinski definition) is 4. The van der Waals surface area contributed by atoms with Gasteiger partial charge in [0.25, 0.3) is 0 Å². The van der Waals surface area contributed by atoms with Crippen molar-refractivity contribution in [2.24, 2.45) is 0 Å². The van der Waals surface area contributed by atoms with Crippen LogP contribution in [0.25, 0.3) is 0 Å². The van der Waals surface area contributed by atoms with Gasteiger partial charge in [-0.2, -0.15) is 12.6 Å². The van der Waals surface area contributed by atoms with Crippen LogP contribution in [0.1, 0.15) is 11.1 Å². The third-order valence-corrected chi connectivity index (χ3v) is 4.70. The van der Waals surface area contributed by atoms with Gasteiger partial charge in [-0.3, -0.25) is 4.90 Å². The number of benzene rings is 2. The average Bonchev–Trinajstić information content (AvgIpc) is 2.88. The summed E-state index contributed by atoms with van der Waals surface area (Å²) in [4.78, 5) is 27.3. The first kappa shape index (κ1) is 18.1. The van der Waals surface area contributed by atoms with E-state index in [0.29, 0.717) is 12.3 Å². The second kappa shape index (κ2) is 8.14. The highest BCUT2D eigenvalue weighted by atomic mass is 32.1. The Morgan fingerprint density at radius 3 is 1.92 bits per heavy atom. The summed E-state index contributed by atoms with van der Waals surface area (Å²) in [5.74, 6) is 0.293. The lowest BCUT2D eigenvalue weighted by Gasteiger charge is -2.25. The van der Waals surface area contributed by atoms with Crippen LogP contribution in [0.2, 0.25) is 0 Å². The molecule has 6 nitrogen and oxygen atoms in total. The second-order valence-electron chi connectivity index (χ2n) is 6.03. The molecule has 0 aliphatic carbocycles. The summed E-state index contributed by atoms with van der Waals surface area (Å²) >= 11 is 4.34. The van der Waals surface area contributed by atoms with Gasteiger partial charge in [-0.15, -0.1) is 0 Å². The Bertz CT molecular complexity index is 757. The van der Waals surface area contributed by atoms with Gasteiger partial charge in [-0.25, -0.2) is 9.59 Å². The van der Waals surface area contributed by atoms with E-state index in [1.807, 2.05) is 60.7 Å². The third kappa shape index (κ3) is 3.94. The summed E-state index contributed by atoms with van der Waals surface area (Å²) in [7, 11) is 0. The number of amides is 2. The molecule has 1 saturated heterocycles. The number of carbonyl (C=O) groups excluding carboxylic acids is 1. The normalized spacial score (nSPS) is 19.7. The number of carboxylic acid groups (broad SMARTS) is 1. The van der Waals surface area contributed by atoms with E-state index in [2.05, 4.69) is 12.6 Å². The highest BCUT2D eigenvalue weighted by Crippen LogP contribution is 2.29. The molecule has 1 aliphatic heterocycles. The van der Waals surface area contributed by atoms with E-state index in [4.69, 9.17) is 9.84 Å². The summed E-state index contributed by atoms with van der Waals surface area (Å²) in [5, 5.41) is 9.13.